The first kappa shape index (κ1) is 41.4. The van der Waals surface area contributed by atoms with E-state index in [9.17, 15) is 0 Å². The lowest BCUT2D eigenvalue weighted by Crippen LogP contribution is -2.21. The van der Waals surface area contributed by atoms with Gasteiger partial charge in [0.1, 0.15) is 0 Å². The van der Waals surface area contributed by atoms with Crippen LogP contribution in [0.15, 0.2) is 207 Å². The van der Waals surface area contributed by atoms with Gasteiger partial charge in [-0.15, -0.1) is 6.58 Å². The van der Waals surface area contributed by atoms with Gasteiger partial charge < -0.3 is 0 Å². The molecular formula is C60H56. The van der Waals surface area contributed by atoms with Crippen LogP contribution in [-0.4, -0.2) is 0 Å². The van der Waals surface area contributed by atoms with E-state index in [4.69, 9.17) is 0 Å². The summed E-state index contributed by atoms with van der Waals surface area (Å²) in [6.45, 7) is 13.2. The second-order valence-electron chi connectivity index (χ2n) is 14.8. The zero-order chi connectivity index (χ0) is 40.9. The van der Waals surface area contributed by atoms with Crippen molar-refractivity contribution in [3.05, 3.63) is 240 Å². The Hall–Kier alpha value is -6.76. The maximum atomic E-state index is 3.36. The van der Waals surface area contributed by atoms with Gasteiger partial charge in [-0.3, -0.25) is 0 Å². The van der Waals surface area contributed by atoms with E-state index in [2.05, 4.69) is 201 Å². The van der Waals surface area contributed by atoms with Crippen molar-refractivity contribution in [3.8, 4) is 11.1 Å². The molecule has 0 saturated heterocycles. The molecule has 1 aliphatic carbocycles. The standard InChI is InChI=1S/C52H34.C3H6.2C2H6.CH4/c1-4-14-36-29-39(24-21-33(36)11-1)40-27-28-47-48(32-40)50(42-26-23-35-13-3-6-16-38(35)31-42)52-46-20-10-8-18-44(46)43-17-7-9-19-45(43)51(52)49(47)41-25-22-34-12-2-5-15-37(34)30-41;1-3-2;2*1-2;/h1-32,49-50H;3H,1H2,2H3;2*1-2H3;1H4. The van der Waals surface area contributed by atoms with Crippen LogP contribution >= 0.6 is 0 Å². The van der Waals surface area contributed by atoms with Gasteiger partial charge in [0.15, 0.2) is 0 Å². The highest BCUT2D eigenvalue weighted by molar-refractivity contribution is 6.12. The monoisotopic (exact) mass is 776 g/mol. The van der Waals surface area contributed by atoms with Crippen molar-refractivity contribution in [2.24, 2.45) is 0 Å². The Bertz CT molecular complexity index is 3090. The van der Waals surface area contributed by atoms with E-state index in [1.165, 1.54) is 98.4 Å². The number of rotatable bonds is 3. The summed E-state index contributed by atoms with van der Waals surface area (Å²) in [6, 6.07) is 72.9. The molecule has 0 N–H and O–H groups in total. The highest BCUT2D eigenvalue weighted by Gasteiger charge is 2.37. The first-order valence-electron chi connectivity index (χ1n) is 21.3. The van der Waals surface area contributed by atoms with Gasteiger partial charge in [-0.05, 0) is 117 Å². The predicted molar refractivity (Wildman–Crippen MR) is 266 cm³/mol. The summed E-state index contributed by atoms with van der Waals surface area (Å²) < 4.78 is 0. The number of benzene rings is 10. The predicted octanol–water partition coefficient (Wildman–Crippen LogP) is 17.7. The lowest BCUT2D eigenvalue weighted by molar-refractivity contribution is 0.839. The fourth-order valence-electron chi connectivity index (χ4n) is 9.23. The van der Waals surface area contributed by atoms with Gasteiger partial charge in [0.2, 0.25) is 0 Å². The number of allylic oxidation sites excluding steroid dienone is 1. The van der Waals surface area contributed by atoms with Crippen molar-refractivity contribution in [3.63, 3.8) is 0 Å². The van der Waals surface area contributed by atoms with E-state index in [1.54, 1.807) is 6.08 Å². The Morgan fingerprint density at radius 3 is 1.15 bits per heavy atom. The molecule has 0 spiro atoms. The van der Waals surface area contributed by atoms with Gasteiger partial charge in [0.25, 0.3) is 0 Å². The van der Waals surface area contributed by atoms with Crippen LogP contribution < -0.4 is 0 Å². The van der Waals surface area contributed by atoms with Crippen LogP contribution in [0.4, 0.5) is 0 Å². The number of hydrogen-bond donors (Lipinski definition) is 0. The van der Waals surface area contributed by atoms with Crippen molar-refractivity contribution in [2.75, 3.05) is 0 Å². The molecule has 296 valence electrons. The summed E-state index contributed by atoms with van der Waals surface area (Å²) in [7, 11) is 0. The fraction of sp³-hybridized carbons (Fsp3) is 0.133. The first-order valence-corrected chi connectivity index (χ1v) is 21.3. The maximum absolute atomic E-state index is 3.36. The lowest BCUT2D eigenvalue weighted by atomic mass is 9.65. The molecule has 10 aromatic carbocycles. The number of hydrogen-bond acceptors (Lipinski definition) is 0. The van der Waals surface area contributed by atoms with Crippen LogP contribution in [-0.2, 0) is 0 Å². The molecule has 0 radical (unpaired) electrons. The average molecular weight is 777 g/mol. The van der Waals surface area contributed by atoms with Gasteiger partial charge >= 0.3 is 0 Å². The van der Waals surface area contributed by atoms with Gasteiger partial charge in [0, 0.05) is 11.8 Å². The van der Waals surface area contributed by atoms with E-state index < -0.39 is 0 Å². The minimum atomic E-state index is 0. The molecule has 0 heteroatoms. The highest BCUT2D eigenvalue weighted by Crippen LogP contribution is 2.54. The summed E-state index contributed by atoms with van der Waals surface area (Å²) in [4.78, 5) is 0. The Labute approximate surface area is 357 Å². The maximum Gasteiger partial charge on any atom is 0.0352 e. The average Bonchev–Trinajstić information content (AvgIpc) is 3.31. The molecule has 0 bridgehead atoms. The molecule has 60 heavy (non-hydrogen) atoms. The molecule has 2 unspecified atom stereocenters. The van der Waals surface area contributed by atoms with Gasteiger partial charge in [-0.1, -0.05) is 223 Å². The summed E-state index contributed by atoms with van der Waals surface area (Å²) in [6.07, 6.45) is 1.75. The van der Waals surface area contributed by atoms with Crippen molar-refractivity contribution in [2.45, 2.75) is 53.9 Å². The third-order valence-electron chi connectivity index (χ3n) is 11.6. The van der Waals surface area contributed by atoms with Crippen LogP contribution in [0.25, 0.3) is 65.0 Å². The molecule has 0 heterocycles. The molecule has 0 aliphatic heterocycles. The van der Waals surface area contributed by atoms with Gasteiger partial charge in [-0.2, -0.15) is 0 Å². The van der Waals surface area contributed by atoms with E-state index in [0.717, 1.165) is 0 Å². The van der Waals surface area contributed by atoms with Crippen LogP contribution in [0, 0.1) is 0 Å². The Balaban J connectivity index is 0.000000645. The normalized spacial score (nSPS) is 13.7. The topological polar surface area (TPSA) is 0 Å². The Morgan fingerprint density at radius 1 is 0.350 bits per heavy atom. The minimum absolute atomic E-state index is 0. The quantitative estimate of drug-likeness (QED) is 0.124. The third kappa shape index (κ3) is 7.40. The molecule has 0 nitrogen and oxygen atoms in total. The third-order valence-corrected chi connectivity index (χ3v) is 11.6. The first-order chi connectivity index (χ1) is 29.2. The molecule has 2 atom stereocenters. The second-order valence-corrected chi connectivity index (χ2v) is 14.8. The van der Waals surface area contributed by atoms with Gasteiger partial charge in [0.05, 0.1) is 0 Å². The molecule has 0 amide bonds. The fourth-order valence-corrected chi connectivity index (χ4v) is 9.23. The van der Waals surface area contributed by atoms with Gasteiger partial charge in [-0.25, -0.2) is 0 Å². The van der Waals surface area contributed by atoms with Crippen molar-refractivity contribution >= 4 is 53.9 Å². The van der Waals surface area contributed by atoms with Crippen LogP contribution in [0.1, 0.15) is 87.3 Å². The van der Waals surface area contributed by atoms with E-state index >= 15 is 0 Å². The molecule has 1 aliphatic rings. The zero-order valence-electron chi connectivity index (χ0n) is 34.9. The summed E-state index contributed by atoms with van der Waals surface area (Å²) >= 11 is 0. The minimum Gasteiger partial charge on any atom is -0.103 e. The molecule has 0 fully saturated rings. The summed E-state index contributed by atoms with van der Waals surface area (Å²) in [5, 5.41) is 12.9. The largest absolute Gasteiger partial charge is 0.103 e. The van der Waals surface area contributed by atoms with E-state index in [0.29, 0.717) is 0 Å². The van der Waals surface area contributed by atoms with Crippen LogP contribution in [0.2, 0.25) is 0 Å². The summed E-state index contributed by atoms with van der Waals surface area (Å²) in [5.41, 5.74) is 10.8. The van der Waals surface area contributed by atoms with Crippen LogP contribution in [0.3, 0.4) is 0 Å². The molecule has 10 aromatic rings. The molecular weight excluding hydrogens is 721 g/mol. The van der Waals surface area contributed by atoms with Crippen molar-refractivity contribution in [1.82, 2.24) is 0 Å². The Morgan fingerprint density at radius 2 is 0.683 bits per heavy atom. The molecule has 0 aromatic heterocycles. The smallest absolute Gasteiger partial charge is 0.0352 e. The van der Waals surface area contributed by atoms with Crippen molar-refractivity contribution in [1.29, 1.82) is 0 Å². The molecule has 0 saturated carbocycles. The van der Waals surface area contributed by atoms with E-state index in [1.807, 2.05) is 34.6 Å². The second kappa shape index (κ2) is 18.4. The van der Waals surface area contributed by atoms with E-state index in [-0.39, 0.29) is 19.3 Å². The molecule has 11 rings (SSSR count). The van der Waals surface area contributed by atoms with Crippen molar-refractivity contribution < 1.29 is 0 Å². The zero-order valence-corrected chi connectivity index (χ0v) is 34.9. The SMILES string of the molecule is C.C=CC.CC.CC.c1ccc2cc(-c3ccc4c(c3)C(c3ccc5ccccc5c3)c3c(c5ccccc5c5ccccc35)C4c3ccc4ccccc4c3)ccc2c1. The lowest BCUT2D eigenvalue weighted by Gasteiger charge is -2.37. The number of fused-ring (bicyclic) bond motifs is 10. The summed E-state index contributed by atoms with van der Waals surface area (Å²) in [5.74, 6) is 0.104. The Kier molecular flexibility index (Phi) is 12.7. The highest BCUT2D eigenvalue weighted by atomic mass is 14.4. The van der Waals surface area contributed by atoms with Crippen LogP contribution in [0.5, 0.6) is 0 Å².